The summed E-state index contributed by atoms with van der Waals surface area (Å²) in [4.78, 5) is 40.4. The number of carboxylic acids is 1. The summed E-state index contributed by atoms with van der Waals surface area (Å²) in [5, 5.41) is 25.9. The van der Waals surface area contributed by atoms with Crippen LogP contribution in [0, 0.1) is 16.0 Å². The number of hydrogen-bond acceptors (Lipinski definition) is 6. The first-order chi connectivity index (χ1) is 20.4. The number of carbonyl (C=O) groups is 2. The highest BCUT2D eigenvalue weighted by Gasteiger charge is 2.30. The molecule has 0 bridgehead atoms. The van der Waals surface area contributed by atoms with E-state index in [0.717, 1.165) is 48.6 Å². The van der Waals surface area contributed by atoms with Gasteiger partial charge in [-0.15, -0.1) is 0 Å². The van der Waals surface area contributed by atoms with Gasteiger partial charge in [-0.1, -0.05) is 86.0 Å². The molecule has 42 heavy (non-hydrogen) atoms. The number of rotatable bonds is 10. The molecule has 1 atom stereocenters. The zero-order valence-corrected chi connectivity index (χ0v) is 23.3. The molecule has 0 spiro atoms. The normalized spacial score (nSPS) is 14.3. The predicted octanol–water partition coefficient (Wildman–Crippen LogP) is 6.50. The van der Waals surface area contributed by atoms with Crippen LogP contribution in [0.2, 0.25) is 0 Å². The number of fused-ring (bicyclic) bond motifs is 1. The number of carboxylic acid groups (broad SMARTS) is 1. The summed E-state index contributed by atoms with van der Waals surface area (Å²) in [5.41, 5.74) is 3.24. The minimum Gasteiger partial charge on any atom is -0.474 e. The van der Waals surface area contributed by atoms with Gasteiger partial charge in [0.25, 0.3) is 5.69 Å². The van der Waals surface area contributed by atoms with Gasteiger partial charge in [-0.25, -0.2) is 9.78 Å². The molecule has 1 fully saturated rings. The van der Waals surface area contributed by atoms with Crippen LogP contribution in [0.15, 0.2) is 85.1 Å². The van der Waals surface area contributed by atoms with Crippen molar-refractivity contribution in [1.82, 2.24) is 9.88 Å². The summed E-state index contributed by atoms with van der Waals surface area (Å²) in [7, 11) is 0. The molecule has 1 saturated carbocycles. The Bertz CT molecular complexity index is 1540. The number of nitrogens with one attached hydrogen (secondary N) is 1. The lowest BCUT2D eigenvalue weighted by Gasteiger charge is -2.34. The van der Waals surface area contributed by atoms with Gasteiger partial charge in [0.15, 0.2) is 0 Å². The molecule has 0 radical (unpaired) electrons. The van der Waals surface area contributed by atoms with Gasteiger partial charge >= 0.3 is 11.9 Å². The van der Waals surface area contributed by atoms with Crippen LogP contribution in [0.25, 0.3) is 21.9 Å². The van der Waals surface area contributed by atoms with Gasteiger partial charge in [0.1, 0.15) is 12.0 Å². The van der Waals surface area contributed by atoms with Gasteiger partial charge in [-0.05, 0) is 52.3 Å². The fraction of sp³-hybridized carbons (Fsp3) is 0.303. The van der Waals surface area contributed by atoms with Crippen molar-refractivity contribution in [2.75, 3.05) is 25.0 Å². The number of carbonyl (C=O) groups excluding carboxylic acids is 1. The van der Waals surface area contributed by atoms with E-state index in [2.05, 4.69) is 64.9 Å². The molecule has 0 aliphatic heterocycles. The highest BCUT2D eigenvalue weighted by atomic mass is 16.6. The van der Waals surface area contributed by atoms with E-state index in [1.807, 2.05) is 12.1 Å². The van der Waals surface area contributed by atoms with E-state index in [4.69, 9.17) is 0 Å². The van der Waals surface area contributed by atoms with Gasteiger partial charge in [-0.2, -0.15) is 0 Å². The second-order valence-corrected chi connectivity index (χ2v) is 10.8. The first-order valence-corrected chi connectivity index (χ1v) is 14.4. The van der Waals surface area contributed by atoms with Crippen molar-refractivity contribution in [1.29, 1.82) is 0 Å². The Hall–Kier alpha value is -4.79. The number of pyridine rings is 1. The van der Waals surface area contributed by atoms with Crippen LogP contribution in [0.4, 0.5) is 11.5 Å². The van der Waals surface area contributed by atoms with Crippen molar-refractivity contribution in [3.63, 3.8) is 0 Å². The maximum Gasteiger partial charge on any atom is 0.394 e. The lowest BCUT2D eigenvalue weighted by atomic mass is 9.76. The third-order valence-corrected chi connectivity index (χ3v) is 8.19. The average molecular weight is 567 g/mol. The third kappa shape index (κ3) is 6.74. The van der Waals surface area contributed by atoms with Crippen molar-refractivity contribution < 1.29 is 19.6 Å². The molecule has 0 saturated heterocycles. The first kappa shape index (κ1) is 28.7. The second-order valence-electron chi connectivity index (χ2n) is 10.8. The van der Waals surface area contributed by atoms with E-state index in [1.165, 1.54) is 34.2 Å². The molecule has 9 nitrogen and oxygen atoms in total. The van der Waals surface area contributed by atoms with Gasteiger partial charge in [0, 0.05) is 31.6 Å². The molecule has 216 valence electrons. The summed E-state index contributed by atoms with van der Waals surface area (Å²) in [6, 6.07) is 25.9. The van der Waals surface area contributed by atoms with Crippen LogP contribution in [0.1, 0.15) is 43.6 Å². The third-order valence-electron chi connectivity index (χ3n) is 8.19. The number of nitro groups is 1. The molecule has 1 amide bonds. The first-order valence-electron chi connectivity index (χ1n) is 14.4. The Morgan fingerprint density at radius 1 is 0.976 bits per heavy atom. The van der Waals surface area contributed by atoms with E-state index in [9.17, 15) is 24.8 Å². The molecule has 4 aromatic rings. The topological polar surface area (TPSA) is 126 Å². The fourth-order valence-electron chi connectivity index (χ4n) is 6.02. The molecule has 1 aliphatic carbocycles. The Labute approximate surface area is 244 Å². The summed E-state index contributed by atoms with van der Waals surface area (Å²) in [6.07, 6.45) is 6.66. The molecule has 1 heterocycles. The second kappa shape index (κ2) is 13.2. The minimum atomic E-state index is -1.49. The minimum absolute atomic E-state index is 0.00679. The number of anilines is 1. The highest BCUT2D eigenvalue weighted by molar-refractivity contribution is 6.31. The molecular weight excluding hydrogens is 532 g/mol. The molecule has 3 aromatic carbocycles. The van der Waals surface area contributed by atoms with Gasteiger partial charge in [-0.3, -0.25) is 14.9 Å². The molecule has 2 N–H and O–H groups in total. The summed E-state index contributed by atoms with van der Waals surface area (Å²) < 4.78 is 0. The molecule has 5 rings (SSSR count). The summed E-state index contributed by atoms with van der Waals surface area (Å²) in [6.45, 7) is 0.696. The Kier molecular flexibility index (Phi) is 9.06. The maximum absolute atomic E-state index is 12.8. The number of amides is 1. The number of benzene rings is 3. The molecule has 9 heteroatoms. The van der Waals surface area contributed by atoms with Crippen molar-refractivity contribution in [3.05, 3.63) is 101 Å². The molecule has 1 aliphatic rings. The average Bonchev–Trinajstić information content (AvgIpc) is 3.03. The van der Waals surface area contributed by atoms with Crippen LogP contribution in [-0.2, 0) is 9.59 Å². The fourth-order valence-corrected chi connectivity index (χ4v) is 6.02. The van der Waals surface area contributed by atoms with E-state index < -0.39 is 16.8 Å². The van der Waals surface area contributed by atoms with Crippen molar-refractivity contribution in [2.45, 2.75) is 38.0 Å². The lowest BCUT2D eigenvalue weighted by molar-refractivity contribution is -0.385. The van der Waals surface area contributed by atoms with Gasteiger partial charge < -0.3 is 15.3 Å². The van der Waals surface area contributed by atoms with Crippen molar-refractivity contribution >= 4 is 34.2 Å². The Morgan fingerprint density at radius 2 is 1.71 bits per heavy atom. The highest BCUT2D eigenvalue weighted by Crippen LogP contribution is 2.38. The van der Waals surface area contributed by atoms with Crippen LogP contribution < -0.4 is 5.32 Å². The van der Waals surface area contributed by atoms with Gasteiger partial charge in [0.05, 0.1) is 4.92 Å². The monoisotopic (exact) mass is 566 g/mol. The van der Waals surface area contributed by atoms with Crippen LogP contribution in [0.3, 0.4) is 0 Å². The zero-order valence-electron chi connectivity index (χ0n) is 23.3. The van der Waals surface area contributed by atoms with Crippen molar-refractivity contribution in [3.8, 4) is 11.1 Å². The standard InChI is InChI=1S/C33H34N4O5/c38-32(33(39)40)36(20-19-34-31-18-17-27(21-35-31)37(41)42)22-30(24-7-2-1-3-8-24)26-15-13-25(14-16-26)29-12-6-10-23-9-4-5-11-28(23)29/h4-6,9-18,21,24,30H,1-3,7-8,19-20,22H2,(H,34,35)(H,39,40). The number of nitrogens with zero attached hydrogens (tertiary/aromatic N) is 3. The molecular formula is C33H34N4O5. The van der Waals surface area contributed by atoms with Crippen LogP contribution >= 0.6 is 0 Å². The van der Waals surface area contributed by atoms with E-state index in [-0.39, 0.29) is 24.7 Å². The van der Waals surface area contributed by atoms with E-state index in [1.54, 1.807) is 0 Å². The lowest BCUT2D eigenvalue weighted by Crippen LogP contribution is -2.43. The molecule has 1 unspecified atom stereocenters. The Morgan fingerprint density at radius 3 is 2.40 bits per heavy atom. The van der Waals surface area contributed by atoms with Gasteiger partial charge in [0.2, 0.25) is 0 Å². The summed E-state index contributed by atoms with van der Waals surface area (Å²) in [5.74, 6) is -1.68. The maximum atomic E-state index is 12.8. The van der Waals surface area contributed by atoms with Crippen LogP contribution in [-0.4, -0.2) is 51.4 Å². The SMILES string of the molecule is O=C(O)C(=O)N(CCNc1ccc([N+](=O)[O-])cn1)CC(c1ccc(-c2cccc3ccccc23)cc1)C1CCCCC1. The smallest absolute Gasteiger partial charge is 0.394 e. The zero-order chi connectivity index (χ0) is 29.5. The predicted molar refractivity (Wildman–Crippen MR) is 162 cm³/mol. The number of aliphatic carboxylic acids is 1. The van der Waals surface area contributed by atoms with Crippen molar-refractivity contribution in [2.24, 2.45) is 5.92 Å². The quantitative estimate of drug-likeness (QED) is 0.127. The largest absolute Gasteiger partial charge is 0.474 e. The Balaban J connectivity index is 1.36. The number of hydrogen-bond donors (Lipinski definition) is 2. The molecule has 1 aromatic heterocycles. The van der Waals surface area contributed by atoms with E-state index in [0.29, 0.717) is 18.3 Å². The number of aromatic nitrogens is 1. The van der Waals surface area contributed by atoms with E-state index >= 15 is 0 Å². The summed E-state index contributed by atoms with van der Waals surface area (Å²) >= 11 is 0. The van der Waals surface area contributed by atoms with Crippen LogP contribution in [0.5, 0.6) is 0 Å².